The lowest BCUT2D eigenvalue weighted by molar-refractivity contribution is -0.140. The molecule has 192 valence electrons. The molecule has 3 aromatic rings. The lowest BCUT2D eigenvalue weighted by atomic mass is 10.1. The summed E-state index contributed by atoms with van der Waals surface area (Å²) in [7, 11) is 3.23. The van der Waals surface area contributed by atoms with Gasteiger partial charge in [0.1, 0.15) is 0 Å². The van der Waals surface area contributed by atoms with Gasteiger partial charge in [0.15, 0.2) is 11.5 Å². The van der Waals surface area contributed by atoms with Crippen LogP contribution in [0.15, 0.2) is 60.0 Å². The SMILES string of the molecule is CCCN(CC(=O)N(CCc1ccc(OC)c(OC)c1)Cc1sccc1C)C(=O)Cc1ccccc1. The molecule has 0 bridgehead atoms. The molecule has 6 nitrogen and oxygen atoms in total. The highest BCUT2D eigenvalue weighted by molar-refractivity contribution is 7.10. The number of hydrogen-bond donors (Lipinski definition) is 0. The number of thiophene rings is 1. The van der Waals surface area contributed by atoms with Gasteiger partial charge in [0.2, 0.25) is 11.8 Å². The van der Waals surface area contributed by atoms with Crippen LogP contribution in [-0.2, 0) is 29.0 Å². The zero-order valence-electron chi connectivity index (χ0n) is 21.7. The lowest BCUT2D eigenvalue weighted by Gasteiger charge is -2.28. The fourth-order valence-electron chi connectivity index (χ4n) is 4.04. The van der Waals surface area contributed by atoms with E-state index in [1.54, 1.807) is 30.5 Å². The van der Waals surface area contributed by atoms with Crippen LogP contribution in [0, 0.1) is 6.92 Å². The summed E-state index contributed by atoms with van der Waals surface area (Å²) in [5.41, 5.74) is 3.18. The van der Waals surface area contributed by atoms with Crippen molar-refractivity contribution in [1.82, 2.24) is 9.80 Å². The number of nitrogens with zero attached hydrogens (tertiary/aromatic N) is 2. The van der Waals surface area contributed by atoms with E-state index >= 15 is 0 Å². The molecule has 0 aliphatic carbocycles. The number of ether oxygens (including phenoxy) is 2. The van der Waals surface area contributed by atoms with E-state index in [-0.39, 0.29) is 18.4 Å². The molecule has 2 aromatic carbocycles. The Morgan fingerprint density at radius 3 is 2.25 bits per heavy atom. The highest BCUT2D eigenvalue weighted by Crippen LogP contribution is 2.28. The van der Waals surface area contributed by atoms with Gasteiger partial charge >= 0.3 is 0 Å². The molecule has 36 heavy (non-hydrogen) atoms. The second-order valence-corrected chi connectivity index (χ2v) is 9.76. The largest absolute Gasteiger partial charge is 0.493 e. The molecular weight excluding hydrogens is 472 g/mol. The molecule has 2 amide bonds. The first kappa shape index (κ1) is 27.3. The zero-order valence-corrected chi connectivity index (χ0v) is 22.5. The van der Waals surface area contributed by atoms with Crippen molar-refractivity contribution >= 4 is 23.2 Å². The Bertz CT molecular complexity index is 1130. The van der Waals surface area contributed by atoms with Gasteiger partial charge in [-0.25, -0.2) is 0 Å². The lowest BCUT2D eigenvalue weighted by Crippen LogP contribution is -2.44. The van der Waals surface area contributed by atoms with Crippen molar-refractivity contribution in [3.8, 4) is 11.5 Å². The monoisotopic (exact) mass is 508 g/mol. The van der Waals surface area contributed by atoms with Gasteiger partial charge in [-0.1, -0.05) is 43.3 Å². The smallest absolute Gasteiger partial charge is 0.242 e. The minimum absolute atomic E-state index is 0.0245. The fraction of sp³-hybridized carbons (Fsp3) is 0.379. The maximum Gasteiger partial charge on any atom is 0.242 e. The molecule has 0 spiro atoms. The third-order valence-corrected chi connectivity index (χ3v) is 7.15. The second-order valence-electron chi connectivity index (χ2n) is 8.76. The minimum atomic E-state index is -0.0434. The van der Waals surface area contributed by atoms with Crippen LogP contribution in [0.25, 0.3) is 0 Å². The number of aryl methyl sites for hydroxylation is 1. The van der Waals surface area contributed by atoms with Gasteiger partial charge in [0.05, 0.1) is 33.7 Å². The summed E-state index contributed by atoms with van der Waals surface area (Å²) in [5.74, 6) is 1.28. The van der Waals surface area contributed by atoms with Gasteiger partial charge in [-0.3, -0.25) is 9.59 Å². The van der Waals surface area contributed by atoms with Gasteiger partial charge < -0.3 is 19.3 Å². The van der Waals surface area contributed by atoms with Gasteiger partial charge in [-0.2, -0.15) is 0 Å². The van der Waals surface area contributed by atoms with E-state index in [1.807, 2.05) is 60.4 Å². The van der Waals surface area contributed by atoms with Gasteiger partial charge in [0, 0.05) is 18.0 Å². The molecule has 1 aromatic heterocycles. The van der Waals surface area contributed by atoms with Crippen LogP contribution in [0.1, 0.15) is 34.9 Å². The Kier molecular flexibility index (Phi) is 10.4. The predicted molar refractivity (Wildman–Crippen MR) is 145 cm³/mol. The number of carbonyl (C=O) groups is 2. The van der Waals surface area contributed by atoms with Crippen molar-refractivity contribution in [2.75, 3.05) is 33.9 Å². The molecule has 0 N–H and O–H groups in total. The van der Waals surface area contributed by atoms with Crippen molar-refractivity contribution in [1.29, 1.82) is 0 Å². The summed E-state index contributed by atoms with van der Waals surface area (Å²) in [4.78, 5) is 31.4. The molecule has 3 rings (SSSR count). The van der Waals surface area contributed by atoms with E-state index in [9.17, 15) is 9.59 Å². The number of rotatable bonds is 13. The molecule has 0 saturated carbocycles. The van der Waals surface area contributed by atoms with E-state index in [0.717, 1.165) is 22.4 Å². The topological polar surface area (TPSA) is 59.1 Å². The van der Waals surface area contributed by atoms with Crippen molar-refractivity contribution in [3.63, 3.8) is 0 Å². The van der Waals surface area contributed by atoms with E-state index in [0.29, 0.717) is 44.0 Å². The maximum atomic E-state index is 13.6. The number of hydrogen-bond acceptors (Lipinski definition) is 5. The molecule has 0 atom stereocenters. The van der Waals surface area contributed by atoms with Crippen molar-refractivity contribution in [2.45, 2.75) is 39.7 Å². The highest BCUT2D eigenvalue weighted by atomic mass is 32.1. The summed E-state index contributed by atoms with van der Waals surface area (Å²) in [6, 6.07) is 17.6. The Balaban J connectivity index is 1.74. The minimum Gasteiger partial charge on any atom is -0.493 e. The van der Waals surface area contributed by atoms with Crippen LogP contribution in [0.5, 0.6) is 11.5 Å². The fourth-order valence-corrected chi connectivity index (χ4v) is 4.96. The average Bonchev–Trinajstić information content (AvgIpc) is 3.30. The normalized spacial score (nSPS) is 10.7. The molecule has 0 unspecified atom stereocenters. The number of amides is 2. The molecule has 1 heterocycles. The summed E-state index contributed by atoms with van der Waals surface area (Å²) in [6.07, 6.45) is 1.76. The molecular formula is C29H36N2O4S. The first-order valence-electron chi connectivity index (χ1n) is 12.3. The van der Waals surface area contributed by atoms with Gasteiger partial charge in [0.25, 0.3) is 0 Å². The molecule has 7 heteroatoms. The summed E-state index contributed by atoms with van der Waals surface area (Å²) >= 11 is 1.65. The molecule has 0 fully saturated rings. The third-order valence-electron chi connectivity index (χ3n) is 6.14. The summed E-state index contributed by atoms with van der Waals surface area (Å²) in [5, 5.41) is 2.05. The number of methoxy groups -OCH3 is 2. The molecule has 0 aliphatic heterocycles. The van der Waals surface area contributed by atoms with Crippen LogP contribution in [0.2, 0.25) is 0 Å². The number of carbonyl (C=O) groups excluding carboxylic acids is 2. The Morgan fingerprint density at radius 2 is 1.61 bits per heavy atom. The van der Waals surface area contributed by atoms with Gasteiger partial charge in [-0.05, 0) is 60.0 Å². The molecule has 0 saturated heterocycles. The zero-order chi connectivity index (χ0) is 25.9. The Hall–Kier alpha value is -3.32. The third kappa shape index (κ3) is 7.59. The second kappa shape index (κ2) is 13.7. The maximum absolute atomic E-state index is 13.6. The summed E-state index contributed by atoms with van der Waals surface area (Å²) in [6.45, 7) is 5.79. The van der Waals surface area contributed by atoms with Crippen molar-refractivity contribution in [2.24, 2.45) is 0 Å². The standard InChI is InChI=1S/C29H36N2O4S/c1-5-15-30(28(32)19-23-9-7-6-8-10-23)21-29(33)31(20-27-22(2)14-17-36-27)16-13-24-11-12-25(34-3)26(18-24)35-4/h6-12,14,17-18H,5,13,15-16,19-21H2,1-4H3. The summed E-state index contributed by atoms with van der Waals surface area (Å²) < 4.78 is 10.8. The van der Waals surface area contributed by atoms with Crippen LogP contribution in [-0.4, -0.2) is 55.5 Å². The molecule has 0 radical (unpaired) electrons. The predicted octanol–water partition coefficient (Wildman–Crippen LogP) is 5.13. The quantitative estimate of drug-likeness (QED) is 0.321. The van der Waals surface area contributed by atoms with Crippen LogP contribution in [0.3, 0.4) is 0 Å². The van der Waals surface area contributed by atoms with Crippen LogP contribution in [0.4, 0.5) is 0 Å². The Labute approximate surface area is 218 Å². The van der Waals surface area contributed by atoms with E-state index in [4.69, 9.17) is 9.47 Å². The first-order valence-corrected chi connectivity index (χ1v) is 13.2. The van der Waals surface area contributed by atoms with Crippen molar-refractivity contribution < 1.29 is 19.1 Å². The van der Waals surface area contributed by atoms with Gasteiger partial charge in [-0.15, -0.1) is 11.3 Å². The first-order chi connectivity index (χ1) is 17.4. The van der Waals surface area contributed by atoms with Crippen LogP contribution < -0.4 is 9.47 Å². The Morgan fingerprint density at radius 1 is 0.861 bits per heavy atom. The van der Waals surface area contributed by atoms with Crippen LogP contribution >= 0.6 is 11.3 Å². The van der Waals surface area contributed by atoms with E-state index in [1.165, 1.54) is 5.56 Å². The average molecular weight is 509 g/mol. The van der Waals surface area contributed by atoms with E-state index < -0.39 is 0 Å². The highest BCUT2D eigenvalue weighted by Gasteiger charge is 2.22. The van der Waals surface area contributed by atoms with E-state index in [2.05, 4.69) is 18.4 Å². The van der Waals surface area contributed by atoms with Crippen molar-refractivity contribution in [3.05, 3.63) is 81.5 Å². The molecule has 0 aliphatic rings. The number of benzene rings is 2.